The monoisotopic (exact) mass is 563 g/mol. The fraction of sp³-hybridized carbons (Fsp3) is 0.387. The van der Waals surface area contributed by atoms with Gasteiger partial charge in [0.25, 0.3) is 0 Å². The molecule has 1 aromatic heterocycles. The van der Waals surface area contributed by atoms with Crippen molar-refractivity contribution >= 4 is 45.0 Å². The molecule has 0 bridgehead atoms. The van der Waals surface area contributed by atoms with Crippen LogP contribution in [-0.2, 0) is 4.79 Å². The minimum Gasteiger partial charge on any atom is -0.508 e. The number of hydrogen-bond acceptors (Lipinski definition) is 6. The first kappa shape index (κ1) is 28.1. The number of aromatic nitrogens is 2. The van der Waals surface area contributed by atoms with Gasteiger partial charge in [0.1, 0.15) is 22.9 Å². The summed E-state index contributed by atoms with van der Waals surface area (Å²) < 4.78 is 16.0. The van der Waals surface area contributed by atoms with Gasteiger partial charge >= 0.3 is 0 Å². The molecule has 2 fully saturated rings. The molecule has 1 saturated heterocycles. The van der Waals surface area contributed by atoms with Crippen molar-refractivity contribution in [2.45, 2.75) is 39.2 Å². The first-order chi connectivity index (χ1) is 19.1. The molecule has 1 aliphatic heterocycles. The molecule has 6 rings (SSSR count). The normalized spacial score (nSPS) is 15.8. The number of piperazine rings is 1. The van der Waals surface area contributed by atoms with Crippen LogP contribution in [0.2, 0.25) is 5.02 Å². The lowest BCUT2D eigenvalue weighted by atomic mass is 9.92. The Bertz CT molecular complexity index is 1570. The zero-order chi connectivity index (χ0) is 28.6. The highest BCUT2D eigenvalue weighted by atomic mass is 35.5. The van der Waals surface area contributed by atoms with Gasteiger partial charge in [-0.3, -0.25) is 4.79 Å². The molecule has 9 heteroatoms. The van der Waals surface area contributed by atoms with Crippen molar-refractivity contribution in [2.24, 2.45) is 0 Å². The first-order valence-corrected chi connectivity index (χ1v) is 14.1. The molecule has 40 heavy (non-hydrogen) atoms. The molecule has 1 saturated carbocycles. The number of hydrogen-bond donors (Lipinski definition) is 1. The van der Waals surface area contributed by atoms with Crippen molar-refractivity contribution in [3.8, 4) is 16.9 Å². The van der Waals surface area contributed by atoms with Crippen LogP contribution in [0.4, 0.5) is 10.2 Å². The molecule has 0 unspecified atom stereocenters. The lowest BCUT2D eigenvalue weighted by Crippen LogP contribution is -2.48. The van der Waals surface area contributed by atoms with Crippen LogP contribution < -0.4 is 4.90 Å². The Morgan fingerprint density at radius 1 is 1.05 bits per heavy atom. The number of amides is 1. The van der Waals surface area contributed by atoms with E-state index in [-0.39, 0.29) is 27.8 Å². The minimum absolute atomic E-state index is 0.0298. The summed E-state index contributed by atoms with van der Waals surface area (Å²) in [6, 6.07) is 13.2. The van der Waals surface area contributed by atoms with E-state index in [2.05, 4.69) is 29.0 Å². The summed E-state index contributed by atoms with van der Waals surface area (Å²) >= 11 is 6.66. The summed E-state index contributed by atoms with van der Waals surface area (Å²) in [6.45, 7) is 5.60. The predicted molar refractivity (Wildman–Crippen MR) is 160 cm³/mol. The highest BCUT2D eigenvalue weighted by Crippen LogP contribution is 2.42. The number of halogens is 2. The summed E-state index contributed by atoms with van der Waals surface area (Å²) in [4.78, 5) is 26.8. The van der Waals surface area contributed by atoms with Gasteiger partial charge in [-0.05, 0) is 68.4 Å². The molecule has 0 spiro atoms. The van der Waals surface area contributed by atoms with E-state index in [0.717, 1.165) is 16.8 Å². The molecule has 3 aromatic carbocycles. The molecule has 0 atom stereocenters. The summed E-state index contributed by atoms with van der Waals surface area (Å²) in [5, 5.41) is 12.6. The predicted octanol–water partition coefficient (Wildman–Crippen LogP) is 6.03. The third-order valence-electron chi connectivity index (χ3n) is 7.92. The van der Waals surface area contributed by atoms with Crippen molar-refractivity contribution in [1.29, 1.82) is 0 Å². The molecular weight excluding hydrogens is 529 g/mol. The third-order valence-corrected chi connectivity index (χ3v) is 8.22. The van der Waals surface area contributed by atoms with Crippen LogP contribution in [-0.4, -0.2) is 77.1 Å². The van der Waals surface area contributed by atoms with Gasteiger partial charge in [0.15, 0.2) is 5.82 Å². The van der Waals surface area contributed by atoms with Gasteiger partial charge in [-0.2, -0.15) is 0 Å². The smallest absolute Gasteiger partial charge is 0.219 e. The Balaban J connectivity index is 0.000000403. The highest BCUT2D eigenvalue weighted by molar-refractivity contribution is 6.35. The van der Waals surface area contributed by atoms with Crippen LogP contribution in [0.5, 0.6) is 5.75 Å². The van der Waals surface area contributed by atoms with Crippen molar-refractivity contribution in [3.63, 3.8) is 0 Å². The Labute approximate surface area is 239 Å². The number of aromatic hydroxyl groups is 1. The molecule has 2 aliphatic rings. The maximum atomic E-state index is 16.0. The van der Waals surface area contributed by atoms with Crippen LogP contribution in [0.25, 0.3) is 32.8 Å². The number of aryl methyl sites for hydroxylation is 1. The maximum absolute atomic E-state index is 16.0. The highest BCUT2D eigenvalue weighted by Gasteiger charge is 2.25. The van der Waals surface area contributed by atoms with E-state index < -0.39 is 5.82 Å². The van der Waals surface area contributed by atoms with E-state index in [1.807, 2.05) is 29.2 Å². The number of carbonyl (C=O) groups is 1. The van der Waals surface area contributed by atoms with Crippen LogP contribution in [0.1, 0.15) is 32.0 Å². The number of anilines is 1. The molecule has 7 nitrogen and oxygen atoms in total. The standard InChI is InChI=1S/C25H22ClFN4O2.C6H13N/c1-14-28-24-20(25(29-14)31-9-7-30(8-10-31)15(2)32)13-21(26)22(23(24)27)19-12-17(33)11-16-5-3-4-6-18(16)19;1-7(2)6-4-3-5-6/h3-6,11-13,33H,7-10H2,1-2H3;6H,3-5H2,1-2H3. The number of carbonyl (C=O) groups excluding carboxylic acids is 1. The Hall–Kier alpha value is -3.49. The Kier molecular flexibility index (Phi) is 8.10. The van der Waals surface area contributed by atoms with Gasteiger partial charge in [-0.1, -0.05) is 42.3 Å². The van der Waals surface area contributed by atoms with Crippen LogP contribution in [0.15, 0.2) is 42.5 Å². The van der Waals surface area contributed by atoms with E-state index in [0.29, 0.717) is 48.8 Å². The van der Waals surface area contributed by atoms with Crippen LogP contribution in [0.3, 0.4) is 0 Å². The molecule has 1 N–H and O–H groups in total. The molecule has 0 radical (unpaired) electrons. The SMILES string of the molecule is CC(=O)N1CCN(c2nc(C)nc3c(F)c(-c4cc(O)cc5ccccc45)c(Cl)cc23)CC1.CN(C)C1CCC1. The zero-order valence-electron chi connectivity index (χ0n) is 23.4. The second kappa shape index (κ2) is 11.6. The molecule has 2 heterocycles. The van der Waals surface area contributed by atoms with E-state index in [4.69, 9.17) is 11.6 Å². The average molecular weight is 564 g/mol. The summed E-state index contributed by atoms with van der Waals surface area (Å²) in [5.41, 5.74) is 0.878. The molecule has 1 aliphatic carbocycles. The molecule has 1 amide bonds. The zero-order valence-corrected chi connectivity index (χ0v) is 24.2. The maximum Gasteiger partial charge on any atom is 0.219 e. The summed E-state index contributed by atoms with van der Waals surface area (Å²) in [7, 11) is 4.31. The van der Waals surface area contributed by atoms with Crippen molar-refractivity contribution in [3.05, 3.63) is 59.1 Å². The van der Waals surface area contributed by atoms with E-state index in [1.54, 1.807) is 30.9 Å². The average Bonchev–Trinajstić information content (AvgIpc) is 2.88. The van der Waals surface area contributed by atoms with Gasteiger partial charge in [-0.25, -0.2) is 14.4 Å². The van der Waals surface area contributed by atoms with Crippen molar-refractivity contribution in [1.82, 2.24) is 19.8 Å². The first-order valence-electron chi connectivity index (χ1n) is 13.7. The summed E-state index contributed by atoms with van der Waals surface area (Å²) in [6.07, 6.45) is 4.29. The van der Waals surface area contributed by atoms with Gasteiger partial charge in [-0.15, -0.1) is 0 Å². The minimum atomic E-state index is -0.553. The van der Waals surface area contributed by atoms with Gasteiger partial charge < -0.3 is 19.8 Å². The second-order valence-corrected chi connectivity index (χ2v) is 11.2. The van der Waals surface area contributed by atoms with Crippen LogP contribution >= 0.6 is 11.6 Å². The second-order valence-electron chi connectivity index (χ2n) is 10.8. The fourth-order valence-corrected chi connectivity index (χ4v) is 5.71. The van der Waals surface area contributed by atoms with E-state index in [9.17, 15) is 9.90 Å². The quantitative estimate of drug-likeness (QED) is 0.328. The van der Waals surface area contributed by atoms with Gasteiger partial charge in [0.2, 0.25) is 5.91 Å². The van der Waals surface area contributed by atoms with Crippen molar-refractivity contribution < 1.29 is 14.3 Å². The Morgan fingerprint density at radius 3 is 2.35 bits per heavy atom. The van der Waals surface area contributed by atoms with Gasteiger partial charge in [0.05, 0.1) is 5.02 Å². The topological polar surface area (TPSA) is 72.8 Å². The molecular formula is C31H35ClFN5O2. The molecule has 4 aromatic rings. The fourth-order valence-electron chi connectivity index (χ4n) is 5.41. The number of rotatable bonds is 3. The third kappa shape index (κ3) is 5.56. The van der Waals surface area contributed by atoms with E-state index in [1.165, 1.54) is 25.3 Å². The number of phenolic OH excluding ortho intramolecular Hbond substituents is 1. The largest absolute Gasteiger partial charge is 0.508 e. The summed E-state index contributed by atoms with van der Waals surface area (Å²) in [5.74, 6) is 0.563. The molecule has 210 valence electrons. The number of fused-ring (bicyclic) bond motifs is 2. The lowest BCUT2D eigenvalue weighted by Gasteiger charge is -2.35. The van der Waals surface area contributed by atoms with Crippen molar-refractivity contribution in [2.75, 3.05) is 45.2 Å². The van der Waals surface area contributed by atoms with Gasteiger partial charge in [0, 0.05) is 50.1 Å². The number of benzene rings is 3. The number of phenols is 1. The number of nitrogens with zero attached hydrogens (tertiary/aromatic N) is 5. The van der Waals surface area contributed by atoms with Crippen LogP contribution in [0, 0.1) is 12.7 Å². The lowest BCUT2D eigenvalue weighted by molar-refractivity contribution is -0.129. The Morgan fingerprint density at radius 2 is 1.75 bits per heavy atom. The van der Waals surface area contributed by atoms with E-state index >= 15 is 4.39 Å².